The highest BCUT2D eigenvalue weighted by atomic mass is 35.5. The molecule has 2 N–H and O–H groups in total. The second kappa shape index (κ2) is 6.83. The Morgan fingerprint density at radius 3 is 2.60 bits per heavy atom. The van der Waals surface area contributed by atoms with Crippen LogP contribution < -0.4 is 4.72 Å². The van der Waals surface area contributed by atoms with Crippen molar-refractivity contribution in [1.82, 2.24) is 9.71 Å². The molecule has 0 radical (unpaired) electrons. The average Bonchev–Trinajstić information content (AvgIpc) is 2.93. The van der Waals surface area contributed by atoms with Crippen molar-refractivity contribution in [3.8, 4) is 0 Å². The van der Waals surface area contributed by atoms with Gasteiger partial charge < -0.3 is 4.98 Å². The van der Waals surface area contributed by atoms with Crippen molar-refractivity contribution in [2.45, 2.75) is 32.1 Å². The summed E-state index contributed by atoms with van der Waals surface area (Å²) in [5.74, 6) is 0. The van der Waals surface area contributed by atoms with Gasteiger partial charge >= 0.3 is 0 Å². The molecular weight excluding hydrogens is 356 g/mol. The summed E-state index contributed by atoms with van der Waals surface area (Å²) in [5.41, 5.74) is 4.74. The van der Waals surface area contributed by atoms with Crippen LogP contribution in [-0.4, -0.2) is 19.9 Å². The van der Waals surface area contributed by atoms with E-state index in [1.807, 2.05) is 19.2 Å². The number of hydrogen-bond donors (Lipinski definition) is 2. The molecule has 25 heavy (non-hydrogen) atoms. The van der Waals surface area contributed by atoms with Crippen LogP contribution in [0.25, 0.3) is 10.9 Å². The van der Waals surface area contributed by atoms with Crippen molar-refractivity contribution in [1.29, 1.82) is 0 Å². The molecule has 0 aliphatic carbocycles. The number of aryl methyl sites for hydroxylation is 3. The maximum absolute atomic E-state index is 12.6. The number of aromatic amines is 1. The normalized spacial score (nSPS) is 12.0. The zero-order valence-electron chi connectivity index (χ0n) is 14.5. The molecule has 1 heterocycles. The van der Waals surface area contributed by atoms with E-state index in [0.29, 0.717) is 23.6 Å². The van der Waals surface area contributed by atoms with Crippen LogP contribution in [0, 0.1) is 20.8 Å². The van der Waals surface area contributed by atoms with E-state index in [9.17, 15) is 8.42 Å². The zero-order chi connectivity index (χ0) is 18.2. The molecule has 0 amide bonds. The number of halogens is 1. The summed E-state index contributed by atoms with van der Waals surface area (Å²) in [6, 6.07) is 9.51. The van der Waals surface area contributed by atoms with Gasteiger partial charge in [0.2, 0.25) is 10.0 Å². The standard InChI is InChI=1S/C19H21ClN2O2S/c1-12-4-5-18-16(8-12)15(11-21-18)6-7-22-25(23,24)19-10-13(2)17(20)9-14(19)3/h4-5,8-11,21-22H,6-7H2,1-3H3. The lowest BCUT2D eigenvalue weighted by Gasteiger charge is -2.11. The van der Waals surface area contributed by atoms with Crippen molar-refractivity contribution < 1.29 is 8.42 Å². The van der Waals surface area contributed by atoms with E-state index in [-0.39, 0.29) is 4.90 Å². The molecular formula is C19H21ClN2O2S. The summed E-state index contributed by atoms with van der Waals surface area (Å²) < 4.78 is 27.9. The number of aromatic nitrogens is 1. The number of rotatable bonds is 5. The Morgan fingerprint density at radius 2 is 1.84 bits per heavy atom. The molecule has 0 bridgehead atoms. The molecule has 0 aliphatic heterocycles. The van der Waals surface area contributed by atoms with E-state index in [0.717, 1.165) is 22.0 Å². The van der Waals surface area contributed by atoms with Gasteiger partial charge in [0.1, 0.15) is 0 Å². The number of H-pyrrole nitrogens is 1. The third-order valence-corrected chi connectivity index (χ3v) is 6.37. The molecule has 1 aromatic heterocycles. The predicted molar refractivity (Wildman–Crippen MR) is 103 cm³/mol. The summed E-state index contributed by atoms with van der Waals surface area (Å²) in [5, 5.41) is 1.71. The number of sulfonamides is 1. The minimum Gasteiger partial charge on any atom is -0.361 e. The summed E-state index contributed by atoms with van der Waals surface area (Å²) >= 11 is 6.06. The smallest absolute Gasteiger partial charge is 0.240 e. The lowest BCUT2D eigenvalue weighted by molar-refractivity contribution is 0.581. The van der Waals surface area contributed by atoms with Gasteiger partial charge in [-0.05, 0) is 68.1 Å². The average molecular weight is 377 g/mol. The minimum atomic E-state index is -3.56. The van der Waals surface area contributed by atoms with E-state index in [4.69, 9.17) is 11.6 Å². The van der Waals surface area contributed by atoms with Gasteiger partial charge in [-0.15, -0.1) is 0 Å². The summed E-state index contributed by atoms with van der Waals surface area (Å²) in [6.07, 6.45) is 2.56. The van der Waals surface area contributed by atoms with Crippen molar-refractivity contribution >= 4 is 32.5 Å². The first-order valence-electron chi connectivity index (χ1n) is 8.11. The molecule has 4 nitrogen and oxygen atoms in total. The zero-order valence-corrected chi connectivity index (χ0v) is 16.1. The van der Waals surface area contributed by atoms with Crippen molar-refractivity contribution in [2.75, 3.05) is 6.54 Å². The lowest BCUT2D eigenvalue weighted by atomic mass is 10.1. The largest absolute Gasteiger partial charge is 0.361 e. The SMILES string of the molecule is Cc1ccc2[nH]cc(CCNS(=O)(=O)c3cc(C)c(Cl)cc3C)c2c1. The van der Waals surface area contributed by atoms with E-state index in [1.165, 1.54) is 5.56 Å². The Balaban J connectivity index is 1.76. The van der Waals surface area contributed by atoms with Crippen molar-refractivity contribution in [3.63, 3.8) is 0 Å². The molecule has 0 aliphatic rings. The first-order chi connectivity index (χ1) is 11.8. The molecule has 3 aromatic rings. The topological polar surface area (TPSA) is 62.0 Å². The molecule has 0 saturated heterocycles. The molecule has 3 rings (SSSR count). The summed E-state index contributed by atoms with van der Waals surface area (Å²) in [7, 11) is -3.56. The van der Waals surface area contributed by atoms with Crippen LogP contribution in [0.2, 0.25) is 5.02 Å². The first-order valence-corrected chi connectivity index (χ1v) is 9.97. The molecule has 0 saturated carbocycles. The maximum atomic E-state index is 12.6. The Labute approximate surface area is 153 Å². The fourth-order valence-electron chi connectivity index (χ4n) is 2.94. The number of nitrogens with one attached hydrogen (secondary N) is 2. The fourth-order valence-corrected chi connectivity index (χ4v) is 4.50. The van der Waals surface area contributed by atoms with Gasteiger partial charge in [0.05, 0.1) is 4.90 Å². The Hall–Kier alpha value is -1.82. The van der Waals surface area contributed by atoms with Crippen LogP contribution in [0.3, 0.4) is 0 Å². The maximum Gasteiger partial charge on any atom is 0.240 e. The highest BCUT2D eigenvalue weighted by Gasteiger charge is 2.18. The highest BCUT2D eigenvalue weighted by Crippen LogP contribution is 2.24. The lowest BCUT2D eigenvalue weighted by Crippen LogP contribution is -2.26. The van der Waals surface area contributed by atoms with Gasteiger partial charge in [-0.1, -0.05) is 23.2 Å². The van der Waals surface area contributed by atoms with Crippen LogP contribution in [0.5, 0.6) is 0 Å². The Bertz CT molecular complexity index is 1040. The third kappa shape index (κ3) is 3.73. The molecule has 0 unspecified atom stereocenters. The Morgan fingerprint density at radius 1 is 1.08 bits per heavy atom. The predicted octanol–water partition coefficient (Wildman–Crippen LogP) is 4.27. The van der Waals surface area contributed by atoms with Gasteiger partial charge in [-0.2, -0.15) is 0 Å². The molecule has 0 fully saturated rings. The number of benzene rings is 2. The van der Waals surface area contributed by atoms with Gasteiger partial charge in [-0.3, -0.25) is 0 Å². The number of fused-ring (bicyclic) bond motifs is 1. The molecule has 2 aromatic carbocycles. The first kappa shape index (κ1) is 18.0. The summed E-state index contributed by atoms with van der Waals surface area (Å²) in [4.78, 5) is 3.51. The Kier molecular flexibility index (Phi) is 4.91. The van der Waals surface area contributed by atoms with E-state index in [1.54, 1.807) is 26.0 Å². The van der Waals surface area contributed by atoms with Crippen molar-refractivity contribution in [2.24, 2.45) is 0 Å². The van der Waals surface area contributed by atoms with E-state index in [2.05, 4.69) is 21.8 Å². The molecule has 132 valence electrons. The molecule has 6 heteroatoms. The molecule has 0 atom stereocenters. The monoisotopic (exact) mass is 376 g/mol. The van der Waals surface area contributed by atoms with Crippen LogP contribution in [-0.2, 0) is 16.4 Å². The van der Waals surface area contributed by atoms with Crippen LogP contribution in [0.15, 0.2) is 41.4 Å². The summed E-state index contributed by atoms with van der Waals surface area (Å²) in [6.45, 7) is 5.94. The highest BCUT2D eigenvalue weighted by molar-refractivity contribution is 7.89. The van der Waals surface area contributed by atoms with Gasteiger partial charge in [0, 0.05) is 28.7 Å². The second-order valence-electron chi connectivity index (χ2n) is 6.38. The van der Waals surface area contributed by atoms with Gasteiger partial charge in [-0.25, -0.2) is 13.1 Å². The fraction of sp³-hybridized carbons (Fsp3) is 0.263. The van der Waals surface area contributed by atoms with E-state index >= 15 is 0 Å². The van der Waals surface area contributed by atoms with Crippen LogP contribution >= 0.6 is 11.6 Å². The van der Waals surface area contributed by atoms with Gasteiger partial charge in [0.25, 0.3) is 0 Å². The number of hydrogen-bond acceptors (Lipinski definition) is 2. The molecule has 0 spiro atoms. The van der Waals surface area contributed by atoms with Crippen LogP contribution in [0.4, 0.5) is 0 Å². The third-order valence-electron chi connectivity index (χ3n) is 4.36. The van der Waals surface area contributed by atoms with Crippen LogP contribution in [0.1, 0.15) is 22.3 Å². The minimum absolute atomic E-state index is 0.282. The van der Waals surface area contributed by atoms with E-state index < -0.39 is 10.0 Å². The quantitative estimate of drug-likeness (QED) is 0.698. The van der Waals surface area contributed by atoms with Gasteiger partial charge in [0.15, 0.2) is 0 Å². The second-order valence-corrected chi connectivity index (χ2v) is 8.52. The van der Waals surface area contributed by atoms with Crippen molar-refractivity contribution in [3.05, 3.63) is 63.8 Å².